The normalized spacial score (nSPS) is 13.8. The predicted octanol–water partition coefficient (Wildman–Crippen LogP) is 4.24. The van der Waals surface area contributed by atoms with Crippen LogP contribution in [0.2, 0.25) is 0 Å². The van der Waals surface area contributed by atoms with Crippen LogP contribution < -0.4 is 4.74 Å². The molecule has 0 saturated heterocycles. The minimum Gasteiger partial charge on any atom is -0.496 e. The lowest BCUT2D eigenvalue weighted by molar-refractivity contribution is -0.159. The Bertz CT molecular complexity index is 454. The van der Waals surface area contributed by atoms with Crippen molar-refractivity contribution in [3.8, 4) is 5.75 Å². The van der Waals surface area contributed by atoms with E-state index in [1.54, 1.807) is 7.11 Å². The van der Waals surface area contributed by atoms with E-state index in [1.165, 1.54) is 0 Å². The standard InChI is InChI=1S/C18H28O3/c1-6-12-18(14(3)4,17(19)21-7-2)13-15-10-8-9-11-16(15)20-5/h8-11,14H,6-7,12-13H2,1-5H3. The van der Waals surface area contributed by atoms with Gasteiger partial charge in [0.2, 0.25) is 0 Å². The number of rotatable bonds is 8. The molecule has 0 amide bonds. The van der Waals surface area contributed by atoms with Gasteiger partial charge >= 0.3 is 5.97 Å². The molecule has 1 rings (SSSR count). The van der Waals surface area contributed by atoms with E-state index < -0.39 is 5.41 Å². The molecule has 0 saturated carbocycles. The molecule has 118 valence electrons. The van der Waals surface area contributed by atoms with Crippen molar-refractivity contribution in [2.24, 2.45) is 11.3 Å². The molecule has 3 heteroatoms. The first-order chi connectivity index (χ1) is 10.0. The van der Waals surface area contributed by atoms with Crippen LogP contribution in [0.15, 0.2) is 24.3 Å². The van der Waals surface area contributed by atoms with E-state index in [2.05, 4.69) is 20.8 Å². The first-order valence-electron chi connectivity index (χ1n) is 7.80. The second-order valence-electron chi connectivity index (χ2n) is 5.77. The summed E-state index contributed by atoms with van der Waals surface area (Å²) in [6.07, 6.45) is 2.43. The van der Waals surface area contributed by atoms with Crippen LogP contribution in [0, 0.1) is 11.3 Å². The zero-order valence-corrected chi connectivity index (χ0v) is 13.9. The fourth-order valence-electron chi connectivity index (χ4n) is 2.90. The maximum atomic E-state index is 12.6. The third-order valence-corrected chi connectivity index (χ3v) is 4.18. The molecule has 0 bridgehead atoms. The van der Waals surface area contributed by atoms with E-state index in [0.29, 0.717) is 13.0 Å². The molecule has 1 aromatic rings. The molecule has 1 unspecified atom stereocenters. The van der Waals surface area contributed by atoms with E-state index in [9.17, 15) is 4.79 Å². The summed E-state index contributed by atoms with van der Waals surface area (Å²) < 4.78 is 10.8. The highest BCUT2D eigenvalue weighted by Gasteiger charge is 2.42. The van der Waals surface area contributed by atoms with Crippen LogP contribution in [0.5, 0.6) is 5.75 Å². The summed E-state index contributed by atoms with van der Waals surface area (Å²) in [5.41, 5.74) is 0.578. The van der Waals surface area contributed by atoms with Crippen molar-refractivity contribution in [2.45, 2.75) is 47.0 Å². The maximum Gasteiger partial charge on any atom is 0.312 e. The monoisotopic (exact) mass is 292 g/mol. The van der Waals surface area contributed by atoms with Gasteiger partial charge in [0.25, 0.3) is 0 Å². The van der Waals surface area contributed by atoms with Crippen molar-refractivity contribution in [3.05, 3.63) is 29.8 Å². The predicted molar refractivity (Wildman–Crippen MR) is 85.5 cm³/mol. The smallest absolute Gasteiger partial charge is 0.312 e. The van der Waals surface area contributed by atoms with Gasteiger partial charge in [-0.15, -0.1) is 0 Å². The molecular formula is C18H28O3. The number of benzene rings is 1. The number of hydrogen-bond acceptors (Lipinski definition) is 3. The number of esters is 1. The summed E-state index contributed by atoms with van der Waals surface area (Å²) >= 11 is 0. The van der Waals surface area contributed by atoms with Gasteiger partial charge in [0.15, 0.2) is 0 Å². The van der Waals surface area contributed by atoms with E-state index >= 15 is 0 Å². The second kappa shape index (κ2) is 8.06. The molecular weight excluding hydrogens is 264 g/mol. The summed E-state index contributed by atoms with van der Waals surface area (Å²) in [5, 5.41) is 0. The molecule has 1 aromatic carbocycles. The molecule has 0 aliphatic carbocycles. The Hall–Kier alpha value is -1.51. The Kier molecular flexibility index (Phi) is 6.73. The van der Waals surface area contributed by atoms with Gasteiger partial charge in [-0.2, -0.15) is 0 Å². The molecule has 3 nitrogen and oxygen atoms in total. The summed E-state index contributed by atoms with van der Waals surface area (Å²) in [7, 11) is 1.67. The Morgan fingerprint density at radius 3 is 2.43 bits per heavy atom. The van der Waals surface area contributed by atoms with E-state index in [1.807, 2.05) is 31.2 Å². The third kappa shape index (κ3) is 3.99. The number of hydrogen-bond donors (Lipinski definition) is 0. The lowest BCUT2D eigenvalue weighted by Gasteiger charge is -2.35. The lowest BCUT2D eigenvalue weighted by atomic mass is 9.69. The van der Waals surface area contributed by atoms with Crippen LogP contribution >= 0.6 is 0 Å². The van der Waals surface area contributed by atoms with Crippen LogP contribution in [0.1, 0.15) is 46.1 Å². The highest BCUT2D eigenvalue weighted by Crippen LogP contribution is 2.40. The van der Waals surface area contributed by atoms with Gasteiger partial charge in [-0.05, 0) is 37.3 Å². The molecule has 1 atom stereocenters. The fourth-order valence-corrected chi connectivity index (χ4v) is 2.90. The molecule has 0 aliphatic heterocycles. The van der Waals surface area contributed by atoms with Crippen molar-refractivity contribution in [2.75, 3.05) is 13.7 Å². The summed E-state index contributed by atoms with van der Waals surface area (Å²) in [6.45, 7) is 8.59. The van der Waals surface area contributed by atoms with Gasteiger partial charge in [0.05, 0.1) is 19.1 Å². The minimum absolute atomic E-state index is 0.0900. The van der Waals surface area contributed by atoms with Gasteiger partial charge in [-0.1, -0.05) is 45.4 Å². The summed E-state index contributed by atoms with van der Waals surface area (Å²) in [5.74, 6) is 0.956. The molecule has 0 aliphatic rings. The quantitative estimate of drug-likeness (QED) is 0.672. The van der Waals surface area contributed by atoms with Crippen LogP contribution in [-0.2, 0) is 16.0 Å². The molecule has 0 spiro atoms. The van der Waals surface area contributed by atoms with Crippen molar-refractivity contribution in [1.82, 2.24) is 0 Å². The highest BCUT2D eigenvalue weighted by atomic mass is 16.5. The number of para-hydroxylation sites is 1. The van der Waals surface area contributed by atoms with E-state index in [-0.39, 0.29) is 11.9 Å². The van der Waals surface area contributed by atoms with Crippen LogP contribution in [0.4, 0.5) is 0 Å². The third-order valence-electron chi connectivity index (χ3n) is 4.18. The molecule has 0 fully saturated rings. The maximum absolute atomic E-state index is 12.6. The Labute approximate surface area is 128 Å². The van der Waals surface area contributed by atoms with E-state index in [4.69, 9.17) is 9.47 Å². The molecule has 0 aromatic heterocycles. The lowest BCUT2D eigenvalue weighted by Crippen LogP contribution is -2.40. The average molecular weight is 292 g/mol. The van der Waals surface area contributed by atoms with Crippen molar-refractivity contribution in [1.29, 1.82) is 0 Å². The topological polar surface area (TPSA) is 35.5 Å². The van der Waals surface area contributed by atoms with Crippen LogP contribution in [0.3, 0.4) is 0 Å². The largest absolute Gasteiger partial charge is 0.496 e. The number of ether oxygens (including phenoxy) is 2. The Morgan fingerprint density at radius 2 is 1.90 bits per heavy atom. The Balaban J connectivity index is 3.19. The molecule has 21 heavy (non-hydrogen) atoms. The number of carbonyl (C=O) groups excluding carboxylic acids is 1. The van der Waals surface area contributed by atoms with Crippen molar-refractivity contribution >= 4 is 5.97 Å². The van der Waals surface area contributed by atoms with Gasteiger partial charge in [0.1, 0.15) is 5.75 Å². The highest BCUT2D eigenvalue weighted by molar-refractivity contribution is 5.77. The van der Waals surface area contributed by atoms with E-state index in [0.717, 1.165) is 24.2 Å². The summed E-state index contributed by atoms with van der Waals surface area (Å²) in [4.78, 5) is 12.6. The number of carbonyl (C=O) groups is 1. The zero-order valence-electron chi connectivity index (χ0n) is 13.9. The number of methoxy groups -OCH3 is 1. The molecule has 0 heterocycles. The van der Waals surface area contributed by atoms with Gasteiger partial charge in [-0.25, -0.2) is 0 Å². The van der Waals surface area contributed by atoms with Crippen molar-refractivity contribution in [3.63, 3.8) is 0 Å². The van der Waals surface area contributed by atoms with Crippen molar-refractivity contribution < 1.29 is 14.3 Å². The first-order valence-corrected chi connectivity index (χ1v) is 7.80. The summed E-state index contributed by atoms with van der Waals surface area (Å²) in [6, 6.07) is 7.91. The fraction of sp³-hybridized carbons (Fsp3) is 0.611. The van der Waals surface area contributed by atoms with Crippen LogP contribution in [-0.4, -0.2) is 19.7 Å². The second-order valence-corrected chi connectivity index (χ2v) is 5.77. The molecule has 0 N–H and O–H groups in total. The van der Waals surface area contributed by atoms with Crippen LogP contribution in [0.25, 0.3) is 0 Å². The first kappa shape index (κ1) is 17.5. The van der Waals surface area contributed by atoms with Gasteiger partial charge in [0, 0.05) is 0 Å². The van der Waals surface area contributed by atoms with Gasteiger partial charge in [-0.3, -0.25) is 4.79 Å². The van der Waals surface area contributed by atoms with Gasteiger partial charge < -0.3 is 9.47 Å². The zero-order chi connectivity index (χ0) is 15.9. The SMILES string of the molecule is CCCC(Cc1ccccc1OC)(C(=O)OCC)C(C)C. The molecule has 0 radical (unpaired) electrons. The Morgan fingerprint density at radius 1 is 1.24 bits per heavy atom. The minimum atomic E-state index is -0.487. The average Bonchev–Trinajstić information content (AvgIpc) is 2.47.